The highest BCUT2D eigenvalue weighted by Crippen LogP contribution is 2.23. The number of nitrogens with zero attached hydrogens (tertiary/aromatic N) is 1. The highest BCUT2D eigenvalue weighted by molar-refractivity contribution is 5.79. The van der Waals surface area contributed by atoms with E-state index in [1.54, 1.807) is 7.11 Å². The van der Waals surface area contributed by atoms with E-state index in [0.717, 1.165) is 11.0 Å². The van der Waals surface area contributed by atoms with Crippen molar-refractivity contribution < 1.29 is 4.74 Å². The number of anilines is 1. The molecule has 0 aromatic carbocycles. The van der Waals surface area contributed by atoms with Crippen molar-refractivity contribution in [2.75, 3.05) is 12.8 Å². The molecule has 4 heteroatoms. The minimum Gasteiger partial charge on any atom is -0.493 e. The zero-order valence-electron chi connectivity index (χ0n) is 6.66. The van der Waals surface area contributed by atoms with Gasteiger partial charge in [0.15, 0.2) is 11.6 Å². The third-order valence-electron chi connectivity index (χ3n) is 1.75. The number of nitrogens with one attached hydrogen (secondary N) is 1. The number of ether oxygens (including phenoxy) is 1. The second-order valence-corrected chi connectivity index (χ2v) is 2.49. The van der Waals surface area contributed by atoms with Gasteiger partial charge in [-0.25, -0.2) is 4.98 Å². The van der Waals surface area contributed by atoms with Crippen molar-refractivity contribution in [2.45, 2.75) is 0 Å². The van der Waals surface area contributed by atoms with Gasteiger partial charge in [0, 0.05) is 11.6 Å². The van der Waals surface area contributed by atoms with Crippen LogP contribution in [0.25, 0.3) is 11.0 Å². The zero-order chi connectivity index (χ0) is 8.55. The first-order valence-corrected chi connectivity index (χ1v) is 3.59. The molecule has 0 amide bonds. The van der Waals surface area contributed by atoms with Gasteiger partial charge in [-0.05, 0) is 12.1 Å². The fourth-order valence-corrected chi connectivity index (χ4v) is 1.14. The molecule has 2 aromatic rings. The number of aromatic amines is 1. The van der Waals surface area contributed by atoms with E-state index in [-0.39, 0.29) is 0 Å². The van der Waals surface area contributed by atoms with E-state index in [4.69, 9.17) is 10.5 Å². The van der Waals surface area contributed by atoms with Gasteiger partial charge in [-0.2, -0.15) is 0 Å². The van der Waals surface area contributed by atoms with Gasteiger partial charge in [0.1, 0.15) is 5.65 Å². The standard InChI is InChI=1S/C8H9N3O/c1-12-6-4-5-2-3-10-8(5)11-7(6)9/h2-4H,1H3,(H3,9,10,11). The predicted octanol–water partition coefficient (Wildman–Crippen LogP) is 1.15. The summed E-state index contributed by atoms with van der Waals surface area (Å²) in [5, 5.41) is 1.00. The summed E-state index contributed by atoms with van der Waals surface area (Å²) in [5.74, 6) is 1.02. The Morgan fingerprint density at radius 2 is 2.42 bits per heavy atom. The monoisotopic (exact) mass is 163 g/mol. The second-order valence-electron chi connectivity index (χ2n) is 2.49. The maximum absolute atomic E-state index is 5.60. The molecule has 0 saturated carbocycles. The molecule has 12 heavy (non-hydrogen) atoms. The molecule has 3 N–H and O–H groups in total. The normalized spacial score (nSPS) is 10.4. The largest absolute Gasteiger partial charge is 0.493 e. The van der Waals surface area contributed by atoms with Crippen LogP contribution in [0, 0.1) is 0 Å². The molecular weight excluding hydrogens is 154 g/mol. The van der Waals surface area contributed by atoms with Crippen molar-refractivity contribution in [2.24, 2.45) is 0 Å². The van der Waals surface area contributed by atoms with E-state index in [2.05, 4.69) is 9.97 Å². The average Bonchev–Trinajstić information content (AvgIpc) is 2.49. The minimum absolute atomic E-state index is 0.410. The summed E-state index contributed by atoms with van der Waals surface area (Å²) in [5.41, 5.74) is 6.39. The van der Waals surface area contributed by atoms with E-state index in [1.165, 1.54) is 0 Å². The molecule has 0 saturated heterocycles. The van der Waals surface area contributed by atoms with Gasteiger partial charge in [0.2, 0.25) is 0 Å². The molecule has 0 radical (unpaired) electrons. The van der Waals surface area contributed by atoms with Crippen molar-refractivity contribution in [3.05, 3.63) is 18.3 Å². The number of fused-ring (bicyclic) bond motifs is 1. The lowest BCUT2D eigenvalue weighted by atomic mass is 10.3. The fraction of sp³-hybridized carbons (Fsp3) is 0.125. The van der Waals surface area contributed by atoms with Crippen LogP contribution in [0.3, 0.4) is 0 Å². The van der Waals surface area contributed by atoms with Crippen LogP contribution in [-0.4, -0.2) is 17.1 Å². The lowest BCUT2D eigenvalue weighted by Gasteiger charge is -2.01. The maximum atomic E-state index is 5.60. The summed E-state index contributed by atoms with van der Waals surface area (Å²) in [7, 11) is 1.58. The number of hydrogen-bond acceptors (Lipinski definition) is 3. The Hall–Kier alpha value is -1.71. The maximum Gasteiger partial charge on any atom is 0.168 e. The third kappa shape index (κ3) is 0.887. The Morgan fingerprint density at radius 3 is 3.17 bits per heavy atom. The van der Waals surface area contributed by atoms with E-state index in [9.17, 15) is 0 Å². The molecule has 0 spiro atoms. The van der Waals surface area contributed by atoms with Crippen LogP contribution in [0.2, 0.25) is 0 Å². The number of aromatic nitrogens is 2. The number of nitrogens with two attached hydrogens (primary N) is 1. The van der Waals surface area contributed by atoms with Crippen LogP contribution < -0.4 is 10.5 Å². The van der Waals surface area contributed by atoms with Crippen LogP contribution >= 0.6 is 0 Å². The second kappa shape index (κ2) is 2.41. The molecule has 0 fully saturated rings. The zero-order valence-corrected chi connectivity index (χ0v) is 6.66. The van der Waals surface area contributed by atoms with Gasteiger partial charge in [-0.1, -0.05) is 0 Å². The first-order valence-electron chi connectivity index (χ1n) is 3.59. The molecule has 0 aliphatic carbocycles. The topological polar surface area (TPSA) is 63.9 Å². The van der Waals surface area contributed by atoms with Crippen molar-refractivity contribution in [1.82, 2.24) is 9.97 Å². The Kier molecular flexibility index (Phi) is 1.40. The van der Waals surface area contributed by atoms with Gasteiger partial charge < -0.3 is 15.5 Å². The van der Waals surface area contributed by atoms with E-state index in [1.807, 2.05) is 18.3 Å². The summed E-state index contributed by atoms with van der Waals surface area (Å²) in [6, 6.07) is 3.78. The average molecular weight is 163 g/mol. The van der Waals surface area contributed by atoms with Crippen LogP contribution in [0.4, 0.5) is 5.82 Å². The van der Waals surface area contributed by atoms with Gasteiger partial charge in [-0.15, -0.1) is 0 Å². The minimum atomic E-state index is 0.410. The number of rotatable bonds is 1. The van der Waals surface area contributed by atoms with E-state index >= 15 is 0 Å². The molecule has 62 valence electrons. The highest BCUT2D eigenvalue weighted by atomic mass is 16.5. The first-order chi connectivity index (χ1) is 5.81. The lowest BCUT2D eigenvalue weighted by molar-refractivity contribution is 0.416. The lowest BCUT2D eigenvalue weighted by Crippen LogP contribution is -1.95. The van der Waals surface area contributed by atoms with E-state index in [0.29, 0.717) is 11.6 Å². The molecule has 0 aliphatic heterocycles. The predicted molar refractivity (Wildman–Crippen MR) is 47.1 cm³/mol. The number of methoxy groups -OCH3 is 1. The van der Waals surface area contributed by atoms with Crippen molar-refractivity contribution in [3.63, 3.8) is 0 Å². The molecular formula is C8H9N3O. The Labute approximate surface area is 69.4 Å². The third-order valence-corrected chi connectivity index (χ3v) is 1.75. The summed E-state index contributed by atoms with van der Waals surface area (Å²) in [4.78, 5) is 7.07. The molecule has 0 aliphatic rings. The summed E-state index contributed by atoms with van der Waals surface area (Å²) < 4.78 is 5.02. The van der Waals surface area contributed by atoms with Crippen LogP contribution in [0.15, 0.2) is 18.3 Å². The molecule has 0 bridgehead atoms. The van der Waals surface area contributed by atoms with Gasteiger partial charge in [-0.3, -0.25) is 0 Å². The van der Waals surface area contributed by atoms with E-state index < -0.39 is 0 Å². The number of H-pyrrole nitrogens is 1. The van der Waals surface area contributed by atoms with Crippen LogP contribution in [0.1, 0.15) is 0 Å². The highest BCUT2D eigenvalue weighted by Gasteiger charge is 2.03. The van der Waals surface area contributed by atoms with Crippen LogP contribution in [0.5, 0.6) is 5.75 Å². The summed E-state index contributed by atoms with van der Waals surface area (Å²) in [6.45, 7) is 0. The molecule has 4 nitrogen and oxygen atoms in total. The van der Waals surface area contributed by atoms with Crippen LogP contribution in [-0.2, 0) is 0 Å². The first kappa shape index (κ1) is 6.97. The SMILES string of the molecule is COc1cc2cc[nH]c2nc1N. The van der Waals surface area contributed by atoms with Gasteiger partial charge >= 0.3 is 0 Å². The van der Waals surface area contributed by atoms with Gasteiger partial charge in [0.05, 0.1) is 7.11 Å². The number of nitrogen functional groups attached to an aromatic ring is 1. The molecule has 2 aromatic heterocycles. The number of hydrogen-bond donors (Lipinski definition) is 2. The molecule has 2 heterocycles. The van der Waals surface area contributed by atoms with Crippen molar-refractivity contribution >= 4 is 16.9 Å². The van der Waals surface area contributed by atoms with Gasteiger partial charge in [0.25, 0.3) is 0 Å². The van der Waals surface area contributed by atoms with Crippen molar-refractivity contribution in [3.8, 4) is 5.75 Å². The quantitative estimate of drug-likeness (QED) is 0.662. The van der Waals surface area contributed by atoms with Crippen molar-refractivity contribution in [1.29, 1.82) is 0 Å². The fourth-order valence-electron chi connectivity index (χ4n) is 1.14. The number of pyridine rings is 1. The Balaban J connectivity index is 2.73. The smallest absolute Gasteiger partial charge is 0.168 e. The Morgan fingerprint density at radius 1 is 1.58 bits per heavy atom. The Bertz CT molecular complexity index is 408. The summed E-state index contributed by atoms with van der Waals surface area (Å²) in [6.07, 6.45) is 1.82. The molecule has 2 rings (SSSR count). The molecule has 0 atom stereocenters. The summed E-state index contributed by atoms with van der Waals surface area (Å²) >= 11 is 0. The molecule has 0 unspecified atom stereocenters.